The minimum atomic E-state index is -1.17. The number of carbonyl (C=O) groups is 3. The van der Waals surface area contributed by atoms with Gasteiger partial charge in [0.15, 0.2) is 0 Å². The van der Waals surface area contributed by atoms with Crippen molar-refractivity contribution in [1.82, 2.24) is 14.9 Å². The number of ketones is 1. The zero-order valence-electron chi connectivity index (χ0n) is 17.3. The van der Waals surface area contributed by atoms with Gasteiger partial charge in [-0.2, -0.15) is 4.39 Å². The molecule has 0 spiro atoms. The van der Waals surface area contributed by atoms with E-state index >= 15 is 0 Å². The summed E-state index contributed by atoms with van der Waals surface area (Å²) in [6.45, 7) is 7.67. The number of Topliss-reactive ketones (excluding diaryl/α,β-unsaturated/α-hetero) is 1. The maximum Gasteiger partial charge on any atom is 0.294 e. The van der Waals surface area contributed by atoms with Crippen molar-refractivity contribution in [2.75, 3.05) is 11.9 Å². The topological polar surface area (TPSA) is 113 Å². The summed E-state index contributed by atoms with van der Waals surface area (Å²) in [5.74, 6) is -2.81. The monoisotopic (exact) mass is 404 g/mol. The van der Waals surface area contributed by atoms with Crippen LogP contribution in [0.1, 0.15) is 51.5 Å². The highest BCUT2D eigenvalue weighted by Gasteiger charge is 2.29. The summed E-state index contributed by atoms with van der Waals surface area (Å²) in [7, 11) is 1.58. The van der Waals surface area contributed by atoms with Gasteiger partial charge in [0.05, 0.1) is 28.7 Å². The van der Waals surface area contributed by atoms with Crippen molar-refractivity contribution < 1.29 is 23.9 Å². The molecular weight excluding hydrogens is 379 g/mol. The molecule has 0 aromatic carbocycles. The number of nitrogens with one attached hydrogen (secondary N) is 2. The number of halogens is 1. The molecule has 0 fully saturated rings. The number of aliphatic hydroxyl groups is 1. The van der Waals surface area contributed by atoms with E-state index < -0.39 is 29.1 Å². The van der Waals surface area contributed by atoms with Crippen LogP contribution in [-0.4, -0.2) is 44.4 Å². The predicted octanol–water partition coefficient (Wildman–Crippen LogP) is 1.81. The fourth-order valence-corrected chi connectivity index (χ4v) is 2.94. The highest BCUT2D eigenvalue weighted by molar-refractivity contribution is 6.43. The minimum absolute atomic E-state index is 0.0781. The number of pyridine rings is 1. The van der Waals surface area contributed by atoms with Crippen molar-refractivity contribution in [3.63, 3.8) is 0 Å². The van der Waals surface area contributed by atoms with Crippen LogP contribution < -0.4 is 10.6 Å². The molecule has 0 aliphatic rings. The first-order valence-corrected chi connectivity index (χ1v) is 8.97. The molecule has 29 heavy (non-hydrogen) atoms. The van der Waals surface area contributed by atoms with Crippen molar-refractivity contribution in [2.24, 2.45) is 7.05 Å². The zero-order valence-corrected chi connectivity index (χ0v) is 17.3. The Morgan fingerprint density at radius 1 is 1.24 bits per heavy atom. The number of rotatable bonds is 6. The molecule has 0 radical (unpaired) electrons. The van der Waals surface area contributed by atoms with Crippen LogP contribution in [0.2, 0.25) is 0 Å². The Morgan fingerprint density at radius 2 is 1.86 bits per heavy atom. The standard InChI is InChI=1S/C20H25FN4O4/c1-10-7-13(8-22-17(10)21)24-18(27)14-11(2)15(25(6)12(14)3)16(26)19(28)23-9-20(4,5)29/h7-8,29H,9H2,1-6H3,(H,23,28)(H,24,27). The fourth-order valence-electron chi connectivity index (χ4n) is 2.94. The van der Waals surface area contributed by atoms with Gasteiger partial charge in [-0.15, -0.1) is 0 Å². The molecule has 2 heterocycles. The molecule has 8 nitrogen and oxygen atoms in total. The molecule has 0 aliphatic carbocycles. The summed E-state index contributed by atoms with van der Waals surface area (Å²) < 4.78 is 14.8. The van der Waals surface area contributed by atoms with E-state index in [0.29, 0.717) is 16.9 Å². The summed E-state index contributed by atoms with van der Waals surface area (Å²) in [4.78, 5) is 41.2. The molecule has 2 amide bonds. The summed E-state index contributed by atoms with van der Waals surface area (Å²) in [6, 6.07) is 1.45. The van der Waals surface area contributed by atoms with Crippen LogP contribution in [-0.2, 0) is 11.8 Å². The molecule has 0 aliphatic heterocycles. The van der Waals surface area contributed by atoms with Crippen LogP contribution >= 0.6 is 0 Å². The van der Waals surface area contributed by atoms with E-state index in [4.69, 9.17) is 0 Å². The Hall–Kier alpha value is -3.07. The lowest BCUT2D eigenvalue weighted by molar-refractivity contribution is -0.118. The van der Waals surface area contributed by atoms with Crippen LogP contribution in [0.5, 0.6) is 0 Å². The van der Waals surface area contributed by atoms with Crippen molar-refractivity contribution in [1.29, 1.82) is 0 Å². The molecule has 0 bridgehead atoms. The third-order valence-corrected chi connectivity index (χ3v) is 4.53. The second kappa shape index (κ2) is 8.12. The lowest BCUT2D eigenvalue weighted by Gasteiger charge is -2.17. The van der Waals surface area contributed by atoms with Gasteiger partial charge in [0.25, 0.3) is 17.6 Å². The highest BCUT2D eigenvalue weighted by atomic mass is 19.1. The third kappa shape index (κ3) is 4.86. The Balaban J connectivity index is 2.31. The largest absolute Gasteiger partial charge is 0.389 e. The first-order chi connectivity index (χ1) is 13.3. The molecule has 0 atom stereocenters. The van der Waals surface area contributed by atoms with E-state index in [9.17, 15) is 23.9 Å². The normalized spacial score (nSPS) is 11.3. The maximum absolute atomic E-state index is 13.3. The second-order valence-electron chi connectivity index (χ2n) is 7.60. The van der Waals surface area contributed by atoms with Crippen LogP contribution in [0.3, 0.4) is 0 Å². The van der Waals surface area contributed by atoms with Gasteiger partial charge in [-0.25, -0.2) is 4.98 Å². The Labute approximate surface area is 168 Å². The Kier molecular flexibility index (Phi) is 6.22. The van der Waals surface area contributed by atoms with Crippen LogP contribution in [0.4, 0.5) is 10.1 Å². The van der Waals surface area contributed by atoms with Crippen LogP contribution in [0.15, 0.2) is 12.3 Å². The molecule has 156 valence electrons. The molecule has 0 saturated heterocycles. The number of amides is 2. The van der Waals surface area contributed by atoms with E-state index in [1.807, 2.05) is 0 Å². The van der Waals surface area contributed by atoms with Crippen LogP contribution in [0.25, 0.3) is 0 Å². The first-order valence-electron chi connectivity index (χ1n) is 8.97. The summed E-state index contributed by atoms with van der Waals surface area (Å²) >= 11 is 0. The number of aromatic nitrogens is 2. The molecule has 0 unspecified atom stereocenters. The minimum Gasteiger partial charge on any atom is -0.389 e. The van der Waals surface area contributed by atoms with Gasteiger partial charge < -0.3 is 20.3 Å². The van der Waals surface area contributed by atoms with Crippen molar-refractivity contribution >= 4 is 23.3 Å². The first kappa shape index (κ1) is 22.2. The van der Waals surface area contributed by atoms with E-state index in [1.54, 1.807) is 20.9 Å². The summed E-state index contributed by atoms with van der Waals surface area (Å²) in [6.07, 6.45) is 1.20. The van der Waals surface area contributed by atoms with Gasteiger partial charge in [-0.1, -0.05) is 0 Å². The lowest BCUT2D eigenvalue weighted by Crippen LogP contribution is -2.41. The lowest BCUT2D eigenvalue weighted by atomic mass is 10.1. The van der Waals surface area contributed by atoms with E-state index in [-0.39, 0.29) is 23.4 Å². The van der Waals surface area contributed by atoms with Gasteiger partial charge in [0.2, 0.25) is 5.95 Å². The zero-order chi connectivity index (χ0) is 22.1. The fraction of sp³-hybridized carbons (Fsp3) is 0.400. The smallest absolute Gasteiger partial charge is 0.294 e. The number of anilines is 1. The number of hydrogen-bond donors (Lipinski definition) is 3. The average Bonchev–Trinajstić information content (AvgIpc) is 2.84. The highest BCUT2D eigenvalue weighted by Crippen LogP contribution is 2.23. The second-order valence-corrected chi connectivity index (χ2v) is 7.60. The Bertz CT molecular complexity index is 989. The van der Waals surface area contributed by atoms with E-state index in [0.717, 1.165) is 0 Å². The maximum atomic E-state index is 13.3. The Morgan fingerprint density at radius 3 is 2.41 bits per heavy atom. The van der Waals surface area contributed by atoms with E-state index in [1.165, 1.54) is 37.6 Å². The van der Waals surface area contributed by atoms with Gasteiger partial charge in [0.1, 0.15) is 0 Å². The van der Waals surface area contributed by atoms with Gasteiger partial charge in [0, 0.05) is 24.8 Å². The number of aryl methyl sites for hydroxylation is 1. The predicted molar refractivity (Wildman–Crippen MR) is 105 cm³/mol. The quantitative estimate of drug-likeness (QED) is 0.386. The van der Waals surface area contributed by atoms with E-state index in [2.05, 4.69) is 15.6 Å². The number of hydrogen-bond acceptors (Lipinski definition) is 5. The number of nitrogens with zero attached hydrogens (tertiary/aromatic N) is 2. The molecule has 2 aromatic rings. The van der Waals surface area contributed by atoms with Gasteiger partial charge in [-0.05, 0) is 46.2 Å². The molecule has 3 N–H and O–H groups in total. The molecule has 0 saturated carbocycles. The summed E-state index contributed by atoms with van der Waals surface area (Å²) in [5.41, 5.74) is 0.586. The van der Waals surface area contributed by atoms with Crippen molar-refractivity contribution in [2.45, 2.75) is 40.2 Å². The molecular formula is C20H25FN4O4. The third-order valence-electron chi connectivity index (χ3n) is 4.53. The van der Waals surface area contributed by atoms with Gasteiger partial charge >= 0.3 is 0 Å². The van der Waals surface area contributed by atoms with Crippen molar-refractivity contribution in [3.05, 3.63) is 46.3 Å². The molecule has 9 heteroatoms. The summed E-state index contributed by atoms with van der Waals surface area (Å²) in [5, 5.41) is 14.7. The van der Waals surface area contributed by atoms with Crippen LogP contribution in [0, 0.1) is 26.7 Å². The number of carbonyl (C=O) groups excluding carboxylic acids is 3. The average molecular weight is 404 g/mol. The molecule has 2 rings (SSSR count). The SMILES string of the molecule is Cc1cc(NC(=O)c2c(C)c(C(=O)C(=O)NCC(C)(C)O)n(C)c2C)cnc1F. The van der Waals surface area contributed by atoms with Gasteiger partial charge in [-0.3, -0.25) is 14.4 Å². The van der Waals surface area contributed by atoms with Crippen molar-refractivity contribution in [3.8, 4) is 0 Å². The molecule has 2 aromatic heterocycles.